The molecule has 0 atom stereocenters. The molecule has 0 saturated heterocycles. The topological polar surface area (TPSA) is 42.3 Å². The Kier molecular flexibility index (Phi) is 6.15. The van der Waals surface area contributed by atoms with Crippen LogP contribution in [0.25, 0.3) is 0 Å². The fraction of sp³-hybridized carbons (Fsp3) is 0.769. The number of nitrogens with one attached hydrogen (secondary N) is 1. The van der Waals surface area contributed by atoms with Crippen molar-refractivity contribution in [2.45, 2.75) is 26.8 Å². The van der Waals surface area contributed by atoms with Gasteiger partial charge < -0.3 is 15.0 Å². The maximum Gasteiger partial charge on any atom is 0.131 e. The van der Waals surface area contributed by atoms with Crippen molar-refractivity contribution < 1.29 is 4.74 Å². The molecule has 0 bridgehead atoms. The maximum absolute atomic E-state index is 5.13. The number of hydrogen-bond donors (Lipinski definition) is 1. The molecule has 104 valence electrons. The molecule has 1 rings (SSSR count). The van der Waals surface area contributed by atoms with E-state index in [1.165, 1.54) is 11.4 Å². The van der Waals surface area contributed by atoms with Gasteiger partial charge in [-0.1, -0.05) is 6.92 Å². The van der Waals surface area contributed by atoms with Gasteiger partial charge in [-0.2, -0.15) is 5.10 Å². The van der Waals surface area contributed by atoms with E-state index in [0.717, 1.165) is 38.4 Å². The van der Waals surface area contributed by atoms with Crippen LogP contribution in [0.3, 0.4) is 0 Å². The molecule has 0 aromatic carbocycles. The summed E-state index contributed by atoms with van der Waals surface area (Å²) in [7, 11) is 5.81. The first kappa shape index (κ1) is 15.0. The molecule has 0 aliphatic heterocycles. The Hall–Kier alpha value is -1.07. The summed E-state index contributed by atoms with van der Waals surface area (Å²) in [5, 5.41) is 7.96. The van der Waals surface area contributed by atoms with E-state index in [-0.39, 0.29) is 0 Å². The molecule has 0 saturated carbocycles. The lowest BCUT2D eigenvalue weighted by Gasteiger charge is -2.20. The van der Waals surface area contributed by atoms with Crippen LogP contribution in [0, 0.1) is 6.92 Å². The van der Waals surface area contributed by atoms with Crippen LogP contribution >= 0.6 is 0 Å². The van der Waals surface area contributed by atoms with Crippen LogP contribution in [0.2, 0.25) is 0 Å². The Morgan fingerprint density at radius 3 is 2.78 bits per heavy atom. The number of rotatable bonds is 8. The normalized spacial score (nSPS) is 10.9. The summed E-state index contributed by atoms with van der Waals surface area (Å²) >= 11 is 0. The van der Waals surface area contributed by atoms with Gasteiger partial charge in [0.2, 0.25) is 0 Å². The molecule has 5 heteroatoms. The first-order valence-electron chi connectivity index (χ1n) is 6.55. The zero-order chi connectivity index (χ0) is 13.5. The summed E-state index contributed by atoms with van der Waals surface area (Å²) in [6.45, 7) is 7.75. The summed E-state index contributed by atoms with van der Waals surface area (Å²) in [5.41, 5.74) is 2.38. The van der Waals surface area contributed by atoms with Gasteiger partial charge in [0.25, 0.3) is 0 Å². The van der Waals surface area contributed by atoms with Crippen molar-refractivity contribution in [1.29, 1.82) is 0 Å². The lowest BCUT2D eigenvalue weighted by atomic mass is 10.2. The highest BCUT2D eigenvalue weighted by Gasteiger charge is 2.16. The van der Waals surface area contributed by atoms with E-state index in [1.54, 1.807) is 7.11 Å². The number of likely N-dealkylation sites (N-methyl/N-ethyl adjacent to an activating group) is 1. The third kappa shape index (κ3) is 3.71. The van der Waals surface area contributed by atoms with Gasteiger partial charge in [0.1, 0.15) is 5.82 Å². The van der Waals surface area contributed by atoms with Gasteiger partial charge in [-0.25, -0.2) is 0 Å². The van der Waals surface area contributed by atoms with E-state index < -0.39 is 0 Å². The van der Waals surface area contributed by atoms with Gasteiger partial charge in [0.05, 0.1) is 12.3 Å². The number of anilines is 1. The Morgan fingerprint density at radius 2 is 2.17 bits per heavy atom. The molecule has 1 heterocycles. The predicted molar refractivity (Wildman–Crippen MR) is 75.1 cm³/mol. The highest BCUT2D eigenvalue weighted by molar-refractivity contribution is 5.49. The fourth-order valence-electron chi connectivity index (χ4n) is 2.10. The molecule has 0 radical (unpaired) electrons. The van der Waals surface area contributed by atoms with Gasteiger partial charge >= 0.3 is 0 Å². The second kappa shape index (κ2) is 7.38. The number of ether oxygens (including phenoxy) is 1. The summed E-state index contributed by atoms with van der Waals surface area (Å²) < 4.78 is 7.08. The van der Waals surface area contributed by atoms with E-state index in [2.05, 4.69) is 36.2 Å². The maximum atomic E-state index is 5.13. The number of hydrogen-bond acceptors (Lipinski definition) is 4. The second-order valence-electron chi connectivity index (χ2n) is 4.60. The van der Waals surface area contributed by atoms with E-state index >= 15 is 0 Å². The summed E-state index contributed by atoms with van der Waals surface area (Å²) in [4.78, 5) is 2.20. The van der Waals surface area contributed by atoms with E-state index in [1.807, 2.05) is 11.7 Å². The van der Waals surface area contributed by atoms with E-state index in [9.17, 15) is 0 Å². The molecule has 1 aromatic heterocycles. The first-order chi connectivity index (χ1) is 8.61. The van der Waals surface area contributed by atoms with E-state index in [0.29, 0.717) is 0 Å². The summed E-state index contributed by atoms with van der Waals surface area (Å²) in [6.07, 6.45) is 1.15. The Labute approximate surface area is 110 Å². The molecular formula is C13H26N4O. The molecule has 0 fully saturated rings. The molecule has 1 aromatic rings. The van der Waals surface area contributed by atoms with Crippen molar-refractivity contribution in [2.75, 3.05) is 38.8 Å². The minimum atomic E-state index is 0.725. The first-order valence-corrected chi connectivity index (χ1v) is 6.55. The highest BCUT2D eigenvalue weighted by Crippen LogP contribution is 2.21. The molecule has 0 unspecified atom stereocenters. The molecule has 0 aliphatic carbocycles. The Bertz CT molecular complexity index is 362. The number of aryl methyl sites for hydroxylation is 2. The Morgan fingerprint density at radius 1 is 1.44 bits per heavy atom. The van der Waals surface area contributed by atoms with Gasteiger partial charge in [-0.15, -0.1) is 0 Å². The van der Waals surface area contributed by atoms with Crippen molar-refractivity contribution in [3.63, 3.8) is 0 Å². The van der Waals surface area contributed by atoms with Gasteiger partial charge in [-0.05, 0) is 19.9 Å². The molecule has 0 aliphatic rings. The Balaban J connectivity index is 2.80. The molecule has 0 spiro atoms. The van der Waals surface area contributed by atoms with Gasteiger partial charge in [0, 0.05) is 39.9 Å². The van der Waals surface area contributed by atoms with Crippen LogP contribution in [-0.4, -0.2) is 43.6 Å². The number of nitrogens with zero attached hydrogens (tertiary/aromatic N) is 3. The van der Waals surface area contributed by atoms with E-state index in [4.69, 9.17) is 4.74 Å². The minimum absolute atomic E-state index is 0.725. The smallest absolute Gasteiger partial charge is 0.131 e. The minimum Gasteiger partial charge on any atom is -0.383 e. The van der Waals surface area contributed by atoms with Crippen molar-refractivity contribution in [1.82, 2.24) is 15.1 Å². The van der Waals surface area contributed by atoms with Gasteiger partial charge in [-0.3, -0.25) is 4.68 Å². The van der Waals surface area contributed by atoms with Crippen LogP contribution in [0.4, 0.5) is 5.82 Å². The van der Waals surface area contributed by atoms with Crippen molar-refractivity contribution in [3.8, 4) is 0 Å². The largest absolute Gasteiger partial charge is 0.383 e. The van der Waals surface area contributed by atoms with Crippen LogP contribution in [-0.2, 0) is 18.3 Å². The lowest BCUT2D eigenvalue weighted by Crippen LogP contribution is -2.26. The van der Waals surface area contributed by atoms with Crippen LogP contribution < -0.4 is 10.2 Å². The molecular weight excluding hydrogens is 228 g/mol. The second-order valence-corrected chi connectivity index (χ2v) is 4.60. The monoisotopic (exact) mass is 254 g/mol. The third-order valence-corrected chi connectivity index (χ3v) is 3.03. The molecule has 0 amide bonds. The van der Waals surface area contributed by atoms with Crippen molar-refractivity contribution >= 4 is 5.82 Å². The molecule has 1 N–H and O–H groups in total. The van der Waals surface area contributed by atoms with Crippen LogP contribution in [0.15, 0.2) is 0 Å². The summed E-state index contributed by atoms with van der Waals surface area (Å²) in [6, 6.07) is 0. The summed E-state index contributed by atoms with van der Waals surface area (Å²) in [5.74, 6) is 1.17. The fourth-order valence-corrected chi connectivity index (χ4v) is 2.10. The van der Waals surface area contributed by atoms with Crippen LogP contribution in [0.5, 0.6) is 0 Å². The number of aromatic nitrogens is 2. The quantitative estimate of drug-likeness (QED) is 0.710. The predicted octanol–water partition coefficient (Wildman–Crippen LogP) is 1.31. The average Bonchev–Trinajstić information content (AvgIpc) is 2.62. The highest BCUT2D eigenvalue weighted by atomic mass is 16.5. The number of methoxy groups -OCH3 is 1. The van der Waals surface area contributed by atoms with Gasteiger partial charge in [0.15, 0.2) is 0 Å². The third-order valence-electron chi connectivity index (χ3n) is 3.03. The van der Waals surface area contributed by atoms with Crippen LogP contribution in [0.1, 0.15) is 24.6 Å². The average molecular weight is 254 g/mol. The van der Waals surface area contributed by atoms with Crippen molar-refractivity contribution in [2.24, 2.45) is 7.05 Å². The molecule has 5 nitrogen and oxygen atoms in total. The zero-order valence-corrected chi connectivity index (χ0v) is 12.3. The standard InChI is InChI=1S/C13H26N4O/c1-6-7-14-10-12-11(2)15-17(4)13(12)16(3)8-9-18-5/h14H,6-10H2,1-5H3. The van der Waals surface area contributed by atoms with Crippen molar-refractivity contribution in [3.05, 3.63) is 11.3 Å². The lowest BCUT2D eigenvalue weighted by molar-refractivity contribution is 0.206. The SMILES string of the molecule is CCCNCc1c(C)nn(C)c1N(C)CCOC. The zero-order valence-electron chi connectivity index (χ0n) is 12.3. The molecule has 18 heavy (non-hydrogen) atoms.